The molecule has 6 heteroatoms. The number of rotatable bonds is 2. The normalized spacial score (nSPS) is 18.2. The topological polar surface area (TPSA) is 62.6 Å². The van der Waals surface area contributed by atoms with Gasteiger partial charge in [0.2, 0.25) is 0 Å². The lowest BCUT2D eigenvalue weighted by Gasteiger charge is -2.31. The number of aryl methyl sites for hydroxylation is 1. The van der Waals surface area contributed by atoms with Gasteiger partial charge in [-0.05, 0) is 36.1 Å². The predicted octanol–water partition coefficient (Wildman–Crippen LogP) is 2.58. The summed E-state index contributed by atoms with van der Waals surface area (Å²) < 4.78 is 11.6. The molecule has 0 N–H and O–H groups in total. The molecule has 0 bridgehead atoms. The first-order chi connectivity index (χ1) is 10.7. The minimum Gasteiger partial charge on any atom is -0.497 e. The number of hydrogen-bond donors (Lipinski definition) is 0. The summed E-state index contributed by atoms with van der Waals surface area (Å²) in [6, 6.07) is 7.42. The average molecular weight is 316 g/mol. The van der Waals surface area contributed by atoms with Crippen LogP contribution in [0.1, 0.15) is 15.2 Å². The lowest BCUT2D eigenvalue weighted by Crippen LogP contribution is -2.47. The van der Waals surface area contributed by atoms with Crippen LogP contribution in [-0.4, -0.2) is 43.7 Å². The van der Waals surface area contributed by atoms with E-state index in [1.807, 2.05) is 25.1 Å². The largest absolute Gasteiger partial charge is 0.497 e. The van der Waals surface area contributed by atoms with Crippen molar-refractivity contribution < 1.29 is 14.3 Å². The molecule has 2 aromatic rings. The van der Waals surface area contributed by atoms with Crippen molar-refractivity contribution in [3.05, 3.63) is 28.6 Å². The number of methoxy groups -OCH3 is 1. The zero-order chi connectivity index (χ0) is 15.7. The van der Waals surface area contributed by atoms with E-state index < -0.39 is 6.04 Å². The molecule has 1 atom stereocenters. The second kappa shape index (κ2) is 5.95. The number of nitrogens with zero attached hydrogens (tertiary/aromatic N) is 2. The molecular weight excluding hydrogens is 300 g/mol. The standard InChI is InChI=1S/C16H16N2O3S/c1-10-13-7-12(20-2)3-4-14(13)22-15(10)16(19)18-5-6-21-9-11(18)8-17/h3-4,7,11H,5-6,9H2,1-2H3. The van der Waals surface area contributed by atoms with Crippen LogP contribution in [0.3, 0.4) is 0 Å². The number of benzene rings is 1. The molecule has 1 amide bonds. The van der Waals surface area contributed by atoms with Gasteiger partial charge in [-0.15, -0.1) is 11.3 Å². The van der Waals surface area contributed by atoms with Gasteiger partial charge in [-0.1, -0.05) is 0 Å². The molecule has 0 aliphatic carbocycles. The first-order valence-corrected chi connectivity index (χ1v) is 7.83. The lowest BCUT2D eigenvalue weighted by molar-refractivity contribution is 0.0135. The molecule has 3 rings (SSSR count). The van der Waals surface area contributed by atoms with Gasteiger partial charge in [0.1, 0.15) is 11.8 Å². The van der Waals surface area contributed by atoms with Crippen molar-refractivity contribution in [3.63, 3.8) is 0 Å². The maximum atomic E-state index is 12.8. The van der Waals surface area contributed by atoms with Crippen LogP contribution in [0.4, 0.5) is 0 Å². The minimum absolute atomic E-state index is 0.0903. The Bertz CT molecular complexity index is 763. The molecule has 1 saturated heterocycles. The van der Waals surface area contributed by atoms with Crippen molar-refractivity contribution >= 4 is 27.3 Å². The quantitative estimate of drug-likeness (QED) is 0.854. The number of thiophene rings is 1. The van der Waals surface area contributed by atoms with E-state index in [-0.39, 0.29) is 12.5 Å². The van der Waals surface area contributed by atoms with E-state index in [2.05, 4.69) is 6.07 Å². The van der Waals surface area contributed by atoms with Gasteiger partial charge in [0.05, 0.1) is 31.3 Å². The molecule has 0 spiro atoms. The number of morpholine rings is 1. The van der Waals surface area contributed by atoms with E-state index in [9.17, 15) is 10.1 Å². The molecule has 0 saturated carbocycles. The van der Waals surface area contributed by atoms with E-state index in [1.165, 1.54) is 11.3 Å². The summed E-state index contributed by atoms with van der Waals surface area (Å²) in [7, 11) is 1.63. The van der Waals surface area contributed by atoms with E-state index >= 15 is 0 Å². The van der Waals surface area contributed by atoms with E-state index in [4.69, 9.17) is 9.47 Å². The van der Waals surface area contributed by atoms with Crippen LogP contribution in [0.25, 0.3) is 10.1 Å². The van der Waals surface area contributed by atoms with Gasteiger partial charge in [0.25, 0.3) is 5.91 Å². The average Bonchev–Trinajstić information content (AvgIpc) is 2.90. The van der Waals surface area contributed by atoms with Gasteiger partial charge >= 0.3 is 0 Å². The lowest BCUT2D eigenvalue weighted by atomic mass is 10.1. The molecule has 1 aliphatic rings. The van der Waals surface area contributed by atoms with Crippen molar-refractivity contribution in [3.8, 4) is 11.8 Å². The second-order valence-corrected chi connectivity index (χ2v) is 6.19. The van der Waals surface area contributed by atoms with Crippen molar-refractivity contribution in [2.75, 3.05) is 26.9 Å². The molecule has 22 heavy (non-hydrogen) atoms. The Hall–Kier alpha value is -2.10. The van der Waals surface area contributed by atoms with Gasteiger partial charge in [0.15, 0.2) is 0 Å². The zero-order valence-corrected chi connectivity index (χ0v) is 13.3. The summed E-state index contributed by atoms with van der Waals surface area (Å²) in [5.41, 5.74) is 0.937. The first kappa shape index (κ1) is 14.8. The highest BCUT2D eigenvalue weighted by Gasteiger charge is 2.30. The molecule has 5 nitrogen and oxygen atoms in total. The Morgan fingerprint density at radius 2 is 2.36 bits per heavy atom. The highest BCUT2D eigenvalue weighted by molar-refractivity contribution is 7.21. The Morgan fingerprint density at radius 1 is 1.55 bits per heavy atom. The van der Waals surface area contributed by atoms with E-state index in [0.717, 1.165) is 21.4 Å². The van der Waals surface area contributed by atoms with Gasteiger partial charge in [-0.25, -0.2) is 0 Å². The number of nitriles is 1. The first-order valence-electron chi connectivity index (χ1n) is 7.01. The summed E-state index contributed by atoms with van der Waals surface area (Å²) in [5.74, 6) is 0.682. The number of fused-ring (bicyclic) bond motifs is 1. The van der Waals surface area contributed by atoms with Crippen molar-refractivity contribution in [2.45, 2.75) is 13.0 Å². The van der Waals surface area contributed by atoms with Crippen molar-refractivity contribution in [1.29, 1.82) is 5.26 Å². The molecule has 1 aromatic carbocycles. The molecule has 1 unspecified atom stereocenters. The number of carbonyl (C=O) groups is 1. The maximum absolute atomic E-state index is 12.8. The molecule has 114 valence electrons. The summed E-state index contributed by atoms with van der Waals surface area (Å²) in [5, 5.41) is 10.2. The summed E-state index contributed by atoms with van der Waals surface area (Å²) in [4.78, 5) is 15.1. The van der Waals surface area contributed by atoms with Crippen molar-refractivity contribution in [1.82, 2.24) is 4.90 Å². The Labute approximate surface area is 132 Å². The number of hydrogen-bond acceptors (Lipinski definition) is 5. The SMILES string of the molecule is COc1ccc2sc(C(=O)N3CCOCC3C#N)c(C)c2c1. The third-order valence-electron chi connectivity index (χ3n) is 3.88. The highest BCUT2D eigenvalue weighted by Crippen LogP contribution is 2.34. The molecular formula is C16H16N2O3S. The van der Waals surface area contributed by atoms with Gasteiger partial charge in [-0.2, -0.15) is 5.26 Å². The van der Waals surface area contributed by atoms with Crippen LogP contribution in [0, 0.1) is 18.3 Å². The molecule has 2 heterocycles. The molecule has 1 fully saturated rings. The summed E-state index contributed by atoms with van der Waals surface area (Å²) >= 11 is 1.46. The predicted molar refractivity (Wildman–Crippen MR) is 84.4 cm³/mol. The van der Waals surface area contributed by atoms with Crippen LogP contribution < -0.4 is 4.74 Å². The number of carbonyl (C=O) groups excluding carboxylic acids is 1. The molecule has 0 radical (unpaired) electrons. The zero-order valence-electron chi connectivity index (χ0n) is 12.5. The van der Waals surface area contributed by atoms with E-state index in [0.29, 0.717) is 18.0 Å². The number of ether oxygens (including phenoxy) is 2. The van der Waals surface area contributed by atoms with Crippen LogP contribution in [0.2, 0.25) is 0 Å². The number of amides is 1. The second-order valence-electron chi connectivity index (χ2n) is 5.14. The molecule has 1 aromatic heterocycles. The van der Waals surface area contributed by atoms with Gasteiger partial charge in [0, 0.05) is 11.2 Å². The Kier molecular flexibility index (Phi) is 4.01. The minimum atomic E-state index is -0.514. The van der Waals surface area contributed by atoms with Gasteiger partial charge < -0.3 is 14.4 Å². The maximum Gasteiger partial charge on any atom is 0.265 e. The summed E-state index contributed by atoms with van der Waals surface area (Å²) in [6.45, 7) is 3.14. The fourth-order valence-corrected chi connectivity index (χ4v) is 3.76. The fraction of sp³-hybridized carbons (Fsp3) is 0.375. The van der Waals surface area contributed by atoms with E-state index in [1.54, 1.807) is 12.0 Å². The highest BCUT2D eigenvalue weighted by atomic mass is 32.1. The van der Waals surface area contributed by atoms with Crippen LogP contribution in [0.5, 0.6) is 5.75 Å². The monoisotopic (exact) mass is 316 g/mol. The van der Waals surface area contributed by atoms with Crippen LogP contribution >= 0.6 is 11.3 Å². The van der Waals surface area contributed by atoms with Gasteiger partial charge in [-0.3, -0.25) is 4.79 Å². The smallest absolute Gasteiger partial charge is 0.265 e. The van der Waals surface area contributed by atoms with Crippen molar-refractivity contribution in [2.24, 2.45) is 0 Å². The van der Waals surface area contributed by atoms with Crippen LogP contribution in [-0.2, 0) is 4.74 Å². The summed E-state index contributed by atoms with van der Waals surface area (Å²) in [6.07, 6.45) is 0. The van der Waals surface area contributed by atoms with Crippen LogP contribution in [0.15, 0.2) is 18.2 Å². The Morgan fingerprint density at radius 3 is 3.09 bits per heavy atom. The third-order valence-corrected chi connectivity index (χ3v) is 5.14. The third kappa shape index (κ3) is 2.43. The fourth-order valence-electron chi connectivity index (χ4n) is 2.62. The Balaban J connectivity index is 2.00. The molecule has 1 aliphatic heterocycles.